The Kier molecular flexibility index (Phi) is 40.0. The van der Waals surface area contributed by atoms with E-state index in [1.54, 1.807) is 12.1 Å². The Balaban J connectivity index is 2.68. The maximum atomic E-state index is 11.7. The van der Waals surface area contributed by atoms with Crippen molar-refractivity contribution in [3.05, 3.63) is 29.8 Å². The number of nitrogens with zero attached hydrogens (tertiary/aromatic N) is 1. The molecule has 0 aliphatic heterocycles. The second-order valence-corrected chi connectivity index (χ2v) is 20.9. The highest BCUT2D eigenvalue weighted by molar-refractivity contribution is 7.85. The van der Waals surface area contributed by atoms with E-state index in [0.717, 1.165) is 11.0 Å². The van der Waals surface area contributed by atoms with Gasteiger partial charge in [0.1, 0.15) is 16.7 Å². The maximum Gasteiger partial charge on any atom is 0.124 e. The lowest BCUT2D eigenvalue weighted by molar-refractivity contribution is -0.941. The minimum Gasteiger partial charge on any atom is -0.744 e. The van der Waals surface area contributed by atoms with Crippen LogP contribution in [-0.2, 0) is 16.7 Å². The van der Waals surface area contributed by atoms with Gasteiger partial charge in [0, 0.05) is 5.56 Å². The molecule has 0 radical (unpaired) electrons. The largest absolute Gasteiger partial charge is 0.744 e. The molecule has 0 atom stereocenters. The normalized spacial score (nSPS) is 12.2. The van der Waals surface area contributed by atoms with Crippen LogP contribution in [0.1, 0.15) is 296 Å². The smallest absolute Gasteiger partial charge is 0.124 e. The third-order valence-electron chi connectivity index (χ3n) is 13.7. The topological polar surface area (TPSA) is 57.2 Å². The van der Waals surface area contributed by atoms with Crippen molar-refractivity contribution >= 4 is 10.1 Å². The van der Waals surface area contributed by atoms with Crippen molar-refractivity contribution in [1.29, 1.82) is 0 Å². The van der Waals surface area contributed by atoms with Crippen molar-refractivity contribution in [2.75, 3.05) is 19.6 Å². The molecule has 60 heavy (non-hydrogen) atoms. The quantitative estimate of drug-likeness (QED) is 0.0373. The van der Waals surface area contributed by atoms with Crippen molar-refractivity contribution in [2.24, 2.45) is 0 Å². The van der Waals surface area contributed by atoms with E-state index in [-0.39, 0.29) is 4.90 Å². The molecule has 0 unspecified atom stereocenters. The van der Waals surface area contributed by atoms with Crippen molar-refractivity contribution in [3.63, 3.8) is 0 Å². The average molecular weight is 861 g/mol. The molecule has 0 amide bonds. The molecule has 0 fully saturated rings. The van der Waals surface area contributed by atoms with Crippen LogP contribution in [0, 0.1) is 0 Å². The molecule has 1 aromatic carbocycles. The molecule has 0 bridgehead atoms. The van der Waals surface area contributed by atoms with E-state index in [0.29, 0.717) is 0 Å². The van der Waals surface area contributed by atoms with Gasteiger partial charge in [0.15, 0.2) is 0 Å². The molecule has 5 heteroatoms. The Morgan fingerprint density at radius 1 is 0.333 bits per heavy atom. The summed E-state index contributed by atoms with van der Waals surface area (Å²) in [6.45, 7) is 11.5. The fraction of sp³-hybridized carbons (Fsp3) is 0.891. The van der Waals surface area contributed by atoms with Crippen LogP contribution < -0.4 is 0 Å². The maximum absolute atomic E-state index is 11.7. The Bertz CT molecular complexity index is 1040. The van der Waals surface area contributed by atoms with Gasteiger partial charge in [-0.15, -0.1) is 0 Å². The number of hydrogen-bond acceptors (Lipinski definition) is 3. The molecular weight excluding hydrogens is 755 g/mol. The highest BCUT2D eigenvalue weighted by Crippen LogP contribution is 2.24. The first-order valence-corrected chi connectivity index (χ1v) is 28.7. The van der Waals surface area contributed by atoms with Crippen LogP contribution in [0.5, 0.6) is 0 Å². The molecule has 354 valence electrons. The third kappa shape index (κ3) is 35.5. The summed E-state index contributed by atoms with van der Waals surface area (Å²) in [7, 11) is -4.43. The van der Waals surface area contributed by atoms with Crippen LogP contribution >= 0.6 is 0 Å². The van der Waals surface area contributed by atoms with Gasteiger partial charge in [0.2, 0.25) is 0 Å². The summed E-state index contributed by atoms with van der Waals surface area (Å²) in [5, 5.41) is 0. The van der Waals surface area contributed by atoms with Crippen LogP contribution in [0.3, 0.4) is 0 Å². The average Bonchev–Trinajstić information content (AvgIpc) is 3.24. The van der Waals surface area contributed by atoms with E-state index in [9.17, 15) is 13.0 Å². The van der Waals surface area contributed by atoms with Gasteiger partial charge in [-0.25, -0.2) is 8.42 Å². The predicted molar refractivity (Wildman–Crippen MR) is 264 cm³/mol. The molecule has 0 aromatic heterocycles. The third-order valence-corrected chi connectivity index (χ3v) is 14.5. The van der Waals surface area contributed by atoms with E-state index in [1.807, 2.05) is 12.1 Å². The molecule has 0 aliphatic carbocycles. The predicted octanol–water partition coefficient (Wildman–Crippen LogP) is 18.4. The minimum atomic E-state index is -4.43. The molecule has 0 spiro atoms. The molecule has 0 heterocycles. The molecule has 0 saturated carbocycles. The number of benzene rings is 1. The summed E-state index contributed by atoms with van der Waals surface area (Å²) >= 11 is 0. The Hall–Kier alpha value is -0.910. The van der Waals surface area contributed by atoms with Gasteiger partial charge >= 0.3 is 0 Å². The van der Waals surface area contributed by atoms with E-state index in [1.165, 1.54) is 295 Å². The summed E-state index contributed by atoms with van der Waals surface area (Å²) in [6, 6.07) is 6.97. The van der Waals surface area contributed by atoms with Crippen LogP contribution in [0.4, 0.5) is 0 Å². The second kappa shape index (κ2) is 42.1. The highest BCUT2D eigenvalue weighted by Gasteiger charge is 2.27. The summed E-state index contributed by atoms with van der Waals surface area (Å²) in [4.78, 5) is -0.102. The van der Waals surface area contributed by atoms with Crippen molar-refractivity contribution in [2.45, 2.75) is 302 Å². The van der Waals surface area contributed by atoms with Gasteiger partial charge < -0.3 is 9.04 Å². The second-order valence-electron chi connectivity index (χ2n) is 19.6. The Morgan fingerprint density at radius 3 is 0.733 bits per heavy atom. The fourth-order valence-electron chi connectivity index (χ4n) is 9.65. The fourth-order valence-corrected chi connectivity index (χ4v) is 10.1. The number of unbranched alkanes of at least 4 members (excludes halogenated alkanes) is 39. The molecule has 4 nitrogen and oxygen atoms in total. The zero-order valence-electron chi connectivity index (χ0n) is 40.9. The molecule has 1 rings (SSSR count). The molecule has 1 aromatic rings. The first-order chi connectivity index (χ1) is 29.4. The first-order valence-electron chi connectivity index (χ1n) is 27.3. The van der Waals surface area contributed by atoms with E-state index < -0.39 is 10.1 Å². The van der Waals surface area contributed by atoms with Gasteiger partial charge in [0.05, 0.1) is 24.5 Å². The van der Waals surface area contributed by atoms with E-state index >= 15 is 0 Å². The highest BCUT2D eigenvalue weighted by atomic mass is 32.2. The van der Waals surface area contributed by atoms with Gasteiger partial charge in [-0.1, -0.05) is 264 Å². The Labute approximate surface area is 377 Å². The van der Waals surface area contributed by atoms with E-state index in [2.05, 4.69) is 20.8 Å². The zero-order valence-corrected chi connectivity index (χ0v) is 41.7. The summed E-state index contributed by atoms with van der Waals surface area (Å²) in [6.07, 6.45) is 58.3. The molecule has 0 saturated heterocycles. The summed E-state index contributed by atoms with van der Waals surface area (Å²) in [5.74, 6) is 0. The van der Waals surface area contributed by atoms with Crippen LogP contribution in [0.15, 0.2) is 29.2 Å². The molecular formula is C55H105NO3S. The minimum absolute atomic E-state index is 0.102. The first kappa shape index (κ1) is 57.1. The van der Waals surface area contributed by atoms with Crippen molar-refractivity contribution in [1.82, 2.24) is 0 Å². The van der Waals surface area contributed by atoms with Crippen molar-refractivity contribution < 1.29 is 17.5 Å². The van der Waals surface area contributed by atoms with Gasteiger partial charge in [0.25, 0.3) is 0 Å². The van der Waals surface area contributed by atoms with E-state index in [4.69, 9.17) is 0 Å². The standard InChI is InChI=1S/C55H105NO3S/c1-4-7-10-13-16-19-22-25-28-31-34-37-40-43-50-56(53-54-46-48-55(49-47-54)60(57,58)59,51-44-41-38-35-32-29-26-23-20-17-14-11-8-5-2)52-45-42-39-36-33-30-27-24-21-18-15-12-9-6-3/h46-49H,4-45,50-53H2,1-3H3. The van der Waals surface area contributed by atoms with Crippen molar-refractivity contribution in [3.8, 4) is 0 Å². The number of rotatable bonds is 48. The lowest BCUT2D eigenvalue weighted by Gasteiger charge is -2.39. The monoisotopic (exact) mass is 860 g/mol. The summed E-state index contributed by atoms with van der Waals surface area (Å²) in [5.41, 5.74) is 1.18. The molecule has 0 aliphatic rings. The Morgan fingerprint density at radius 2 is 0.533 bits per heavy atom. The lowest BCUT2D eigenvalue weighted by Crippen LogP contribution is -2.49. The molecule has 0 N–H and O–H groups in total. The lowest BCUT2D eigenvalue weighted by atomic mass is 10.0. The van der Waals surface area contributed by atoms with Crippen LogP contribution in [0.25, 0.3) is 0 Å². The zero-order chi connectivity index (χ0) is 43.5. The van der Waals surface area contributed by atoms with Gasteiger partial charge in [-0.3, -0.25) is 0 Å². The summed E-state index contributed by atoms with van der Waals surface area (Å²) < 4.78 is 36.4. The number of hydrogen-bond donors (Lipinski definition) is 0. The van der Waals surface area contributed by atoms with Gasteiger partial charge in [-0.2, -0.15) is 0 Å². The van der Waals surface area contributed by atoms with Crippen LogP contribution in [-0.4, -0.2) is 37.1 Å². The number of quaternary nitrogens is 1. The SMILES string of the molecule is CCCCCCCCCCCCCCCC[N+](CCCCCCCCCCCCCCCC)(CCCCCCCCCCCCCCCC)Cc1ccc(S(=O)(=O)[O-])cc1. The van der Waals surface area contributed by atoms with Crippen LogP contribution in [0.2, 0.25) is 0 Å². The van der Waals surface area contributed by atoms with Gasteiger partial charge in [-0.05, 0) is 50.7 Å².